The van der Waals surface area contributed by atoms with Crippen LogP contribution in [0.4, 0.5) is 15.5 Å². The Morgan fingerprint density at radius 1 is 1.17 bits per heavy atom. The van der Waals surface area contributed by atoms with Gasteiger partial charge in [0.2, 0.25) is 11.8 Å². The van der Waals surface area contributed by atoms with Gasteiger partial charge < -0.3 is 25.0 Å². The lowest BCUT2D eigenvalue weighted by molar-refractivity contribution is -0.115. The van der Waals surface area contributed by atoms with E-state index in [2.05, 4.69) is 10.6 Å². The van der Waals surface area contributed by atoms with Crippen LogP contribution in [-0.2, 0) is 32.0 Å². The van der Waals surface area contributed by atoms with Gasteiger partial charge >= 0.3 is 12.1 Å². The van der Waals surface area contributed by atoms with Gasteiger partial charge in [-0.1, -0.05) is 6.07 Å². The lowest BCUT2D eigenvalue weighted by Gasteiger charge is -2.30. The second-order valence-corrected chi connectivity index (χ2v) is 11.8. The molecule has 0 saturated carbocycles. The predicted octanol–water partition coefficient (Wildman–Crippen LogP) is 4.91. The van der Waals surface area contributed by atoms with Crippen LogP contribution in [0.2, 0.25) is 0 Å². The molecule has 1 aromatic heterocycles. The number of methoxy groups -OCH3 is 1. The molecule has 1 atom stereocenters. The molecule has 3 amide bonds. The normalized spacial score (nSPS) is 13.9. The molecular formula is C25H31N3O6S2. The maximum Gasteiger partial charge on any atom is 0.410 e. The zero-order valence-electron chi connectivity index (χ0n) is 21.2. The van der Waals surface area contributed by atoms with E-state index in [1.807, 2.05) is 26.8 Å². The second kappa shape index (κ2) is 11.3. The van der Waals surface area contributed by atoms with Gasteiger partial charge in [0.25, 0.3) is 0 Å². The Hall–Kier alpha value is -3.05. The molecule has 2 N–H and O–H groups in total. The van der Waals surface area contributed by atoms with Gasteiger partial charge in [-0.05, 0) is 57.9 Å². The van der Waals surface area contributed by atoms with Gasteiger partial charge in [0, 0.05) is 28.9 Å². The molecule has 0 aliphatic carbocycles. The highest BCUT2D eigenvalue weighted by Crippen LogP contribution is 2.38. The smallest absolute Gasteiger partial charge is 0.410 e. The van der Waals surface area contributed by atoms with E-state index in [-0.39, 0.29) is 18.4 Å². The molecule has 3 rings (SSSR count). The number of thiophene rings is 1. The van der Waals surface area contributed by atoms with Crippen molar-refractivity contribution in [2.45, 2.75) is 63.3 Å². The summed E-state index contributed by atoms with van der Waals surface area (Å²) in [5, 5.41) is 5.53. The number of hydrogen-bond donors (Lipinski definition) is 2. The fraction of sp³-hybridized carbons (Fsp3) is 0.440. The number of hydrogen-bond acceptors (Lipinski definition) is 8. The number of rotatable bonds is 6. The lowest BCUT2D eigenvalue weighted by atomic mass is 10.0. The summed E-state index contributed by atoms with van der Waals surface area (Å²) in [6, 6.07) is 7.23. The van der Waals surface area contributed by atoms with E-state index >= 15 is 0 Å². The van der Waals surface area contributed by atoms with Crippen LogP contribution in [0.25, 0.3) is 0 Å². The maximum absolute atomic E-state index is 13.1. The first-order valence-corrected chi connectivity index (χ1v) is 13.1. The fourth-order valence-electron chi connectivity index (χ4n) is 3.61. The van der Waals surface area contributed by atoms with E-state index in [4.69, 9.17) is 9.47 Å². The van der Waals surface area contributed by atoms with Crippen LogP contribution in [-0.4, -0.2) is 53.3 Å². The molecule has 1 aliphatic heterocycles. The summed E-state index contributed by atoms with van der Waals surface area (Å²) in [4.78, 5) is 52.8. The maximum atomic E-state index is 13.1. The second-order valence-electron chi connectivity index (χ2n) is 9.31. The molecule has 2 heterocycles. The van der Waals surface area contributed by atoms with Crippen molar-refractivity contribution in [1.29, 1.82) is 0 Å². The van der Waals surface area contributed by atoms with Crippen molar-refractivity contribution >= 4 is 57.7 Å². The molecule has 0 radical (unpaired) electrons. The van der Waals surface area contributed by atoms with E-state index in [0.717, 1.165) is 15.3 Å². The van der Waals surface area contributed by atoms with Crippen molar-refractivity contribution in [3.05, 3.63) is 40.3 Å². The third-order valence-corrected chi connectivity index (χ3v) is 7.40. The number of thioether (sulfide) groups is 1. The van der Waals surface area contributed by atoms with Crippen LogP contribution in [0.3, 0.4) is 0 Å². The molecule has 0 bridgehead atoms. The van der Waals surface area contributed by atoms with Crippen molar-refractivity contribution in [2.75, 3.05) is 24.3 Å². The number of ether oxygens (including phenoxy) is 2. The molecule has 0 spiro atoms. The average molecular weight is 534 g/mol. The minimum Gasteiger partial charge on any atom is -0.465 e. The van der Waals surface area contributed by atoms with E-state index in [0.29, 0.717) is 29.2 Å². The molecule has 1 unspecified atom stereocenters. The van der Waals surface area contributed by atoms with Crippen LogP contribution in [0.5, 0.6) is 0 Å². The predicted molar refractivity (Wildman–Crippen MR) is 141 cm³/mol. The quantitative estimate of drug-likeness (QED) is 0.401. The van der Waals surface area contributed by atoms with Gasteiger partial charge in [-0.2, -0.15) is 0 Å². The van der Waals surface area contributed by atoms with Crippen molar-refractivity contribution in [3.63, 3.8) is 0 Å². The summed E-state index contributed by atoms with van der Waals surface area (Å²) in [7, 11) is 1.30. The number of nitrogens with one attached hydrogen (secondary N) is 2. The van der Waals surface area contributed by atoms with Gasteiger partial charge in [0.05, 0.1) is 24.5 Å². The first-order valence-electron chi connectivity index (χ1n) is 11.4. The Morgan fingerprint density at radius 3 is 2.53 bits per heavy atom. The van der Waals surface area contributed by atoms with E-state index < -0.39 is 22.9 Å². The molecule has 1 aliphatic rings. The Kier molecular flexibility index (Phi) is 8.67. The van der Waals surface area contributed by atoms with Gasteiger partial charge in [-0.3, -0.25) is 9.59 Å². The first kappa shape index (κ1) is 27.5. The van der Waals surface area contributed by atoms with Crippen molar-refractivity contribution < 1.29 is 28.7 Å². The Labute approximate surface area is 218 Å². The average Bonchev–Trinajstić information content (AvgIpc) is 3.14. The molecule has 9 nitrogen and oxygen atoms in total. The Bertz CT molecular complexity index is 1170. The van der Waals surface area contributed by atoms with Gasteiger partial charge in [-0.15, -0.1) is 23.1 Å². The largest absolute Gasteiger partial charge is 0.465 e. The zero-order valence-corrected chi connectivity index (χ0v) is 22.9. The van der Waals surface area contributed by atoms with Crippen molar-refractivity contribution in [3.8, 4) is 0 Å². The minimum absolute atomic E-state index is 0.176. The van der Waals surface area contributed by atoms with Gasteiger partial charge in [0.15, 0.2) is 0 Å². The van der Waals surface area contributed by atoms with Crippen molar-refractivity contribution in [2.24, 2.45) is 0 Å². The summed E-state index contributed by atoms with van der Waals surface area (Å²) in [5.41, 5.74) is 1.15. The molecule has 2 aromatic rings. The topological polar surface area (TPSA) is 114 Å². The number of carbonyl (C=O) groups is 4. The summed E-state index contributed by atoms with van der Waals surface area (Å²) in [6.07, 6.45) is 0.0318. The number of carbonyl (C=O) groups excluding carboxylic acids is 4. The van der Waals surface area contributed by atoms with Crippen LogP contribution in [0, 0.1) is 0 Å². The molecule has 1 aromatic carbocycles. The number of fused-ring (bicyclic) bond motifs is 1. The number of esters is 1. The third-order valence-electron chi connectivity index (χ3n) is 5.17. The van der Waals surface area contributed by atoms with Gasteiger partial charge in [-0.25, -0.2) is 9.59 Å². The third kappa shape index (κ3) is 7.01. The van der Waals surface area contributed by atoms with Crippen LogP contribution < -0.4 is 10.6 Å². The van der Waals surface area contributed by atoms with Crippen LogP contribution in [0.1, 0.15) is 55.4 Å². The van der Waals surface area contributed by atoms with E-state index in [1.165, 1.54) is 37.1 Å². The molecular weight excluding hydrogens is 502 g/mol. The standard InChI is InChI=1S/C25H31N3O6S2/c1-14(35-17-9-7-8-16(12-17)26-15(2)29)21(30)27-22-20(23(31)33-6)18-10-11-28(13-19(18)36-22)24(32)34-25(3,4)5/h7-9,12,14H,10-11,13H2,1-6H3,(H,26,29)(H,27,30). The fourth-order valence-corrected chi connectivity index (χ4v) is 5.79. The molecule has 194 valence electrons. The highest BCUT2D eigenvalue weighted by molar-refractivity contribution is 8.00. The number of anilines is 2. The van der Waals surface area contributed by atoms with Crippen LogP contribution in [0.15, 0.2) is 29.2 Å². The molecule has 11 heteroatoms. The van der Waals surface area contributed by atoms with Gasteiger partial charge in [0.1, 0.15) is 10.6 Å². The molecule has 0 saturated heterocycles. The zero-order chi connectivity index (χ0) is 26.6. The van der Waals surface area contributed by atoms with Crippen LogP contribution >= 0.6 is 23.1 Å². The number of benzene rings is 1. The minimum atomic E-state index is -0.613. The SMILES string of the molecule is COC(=O)c1c(NC(=O)C(C)Sc2cccc(NC(C)=O)c2)sc2c1CCN(C(=O)OC(C)(C)C)C2. The number of nitrogens with zero attached hydrogens (tertiary/aromatic N) is 1. The van der Waals surface area contributed by atoms with Crippen molar-refractivity contribution in [1.82, 2.24) is 4.90 Å². The summed E-state index contributed by atoms with van der Waals surface area (Å²) >= 11 is 2.60. The summed E-state index contributed by atoms with van der Waals surface area (Å²) < 4.78 is 10.5. The summed E-state index contributed by atoms with van der Waals surface area (Å²) in [5.74, 6) is -0.986. The monoisotopic (exact) mass is 533 g/mol. The van der Waals surface area contributed by atoms with E-state index in [9.17, 15) is 19.2 Å². The van der Waals surface area contributed by atoms with E-state index in [1.54, 1.807) is 30.0 Å². The summed E-state index contributed by atoms with van der Waals surface area (Å²) in [6.45, 7) is 9.31. The molecule has 36 heavy (non-hydrogen) atoms. The highest BCUT2D eigenvalue weighted by atomic mass is 32.2. The number of amides is 3. The first-order chi connectivity index (χ1) is 16.9. The lowest BCUT2D eigenvalue weighted by Crippen LogP contribution is -2.39. The Morgan fingerprint density at radius 2 is 1.89 bits per heavy atom. The highest BCUT2D eigenvalue weighted by Gasteiger charge is 2.33. The Balaban J connectivity index is 1.77. The molecule has 0 fully saturated rings.